The Kier molecular flexibility index (Phi) is 21.5. The Morgan fingerprint density at radius 1 is 0.513 bits per heavy atom. The lowest BCUT2D eigenvalue weighted by atomic mass is 10.00. The fraction of sp³-hybridized carbons (Fsp3) is 0.327. The quantitative estimate of drug-likeness (QED) is 0.0171. The predicted molar refractivity (Wildman–Crippen MR) is 282 cm³/mol. The summed E-state index contributed by atoms with van der Waals surface area (Å²) in [5, 5.41) is 36.9. The van der Waals surface area contributed by atoms with E-state index in [0.29, 0.717) is 22.3 Å². The number of rotatable bonds is 28. The van der Waals surface area contributed by atoms with E-state index in [1.165, 1.54) is 79.7 Å². The molecule has 1 aromatic heterocycles. The van der Waals surface area contributed by atoms with E-state index in [1.807, 2.05) is 18.2 Å². The predicted octanol–water partition coefficient (Wildman–Crippen LogP) is -0.490. The van der Waals surface area contributed by atoms with Crippen LogP contribution in [0.1, 0.15) is 54.9 Å². The van der Waals surface area contributed by atoms with Crippen molar-refractivity contribution in [3.8, 4) is 11.5 Å². The fourth-order valence-electron chi connectivity index (χ4n) is 8.11. The average molecular weight is 1050 g/mol. The van der Waals surface area contributed by atoms with Crippen LogP contribution in [-0.4, -0.2) is 118 Å². The first-order valence-electron chi connectivity index (χ1n) is 24.3. The minimum absolute atomic E-state index is 0.0188. The molecule has 0 radical (unpaired) electrons. The van der Waals surface area contributed by atoms with Gasteiger partial charge >= 0.3 is 0 Å². The van der Waals surface area contributed by atoms with Crippen LogP contribution in [0.15, 0.2) is 113 Å². The van der Waals surface area contributed by atoms with E-state index in [-0.39, 0.29) is 87.9 Å². The SMILES string of the molecule is CC(=O)N[C@@H](CCCN=C(N)N)C(=O)N[C@@H](Cc1ccc(O)cc1)C(=O)N[C@@H](Cc1ccc(O)cc1)C(=O)N[C@@H](CCCN=C(N)N)C(=O)N[C@@H](Cc1c[nH]c2ccccc12)C(=O)N[C@@H](Cc1ccc(F)cc1)C(N)=O. The molecular weight excluding hydrogens is 984 g/mol. The number of carbonyl (C=O) groups excluding carboxylic acids is 7. The number of benzene rings is 4. The topological polar surface area (TPSA) is 403 Å². The Morgan fingerprint density at radius 2 is 0.895 bits per heavy atom. The third-order valence-corrected chi connectivity index (χ3v) is 12.0. The lowest BCUT2D eigenvalue weighted by Crippen LogP contribution is -2.60. The molecule has 5 aromatic rings. The largest absolute Gasteiger partial charge is 0.508 e. The molecule has 0 aliphatic rings. The van der Waals surface area contributed by atoms with Crippen molar-refractivity contribution in [2.24, 2.45) is 38.7 Å². The van der Waals surface area contributed by atoms with Gasteiger partial charge in [-0.1, -0.05) is 54.6 Å². The van der Waals surface area contributed by atoms with E-state index in [2.05, 4.69) is 46.9 Å². The summed E-state index contributed by atoms with van der Waals surface area (Å²) in [5.41, 5.74) is 30.6. The molecule has 0 aliphatic carbocycles. The van der Waals surface area contributed by atoms with Gasteiger partial charge in [0.2, 0.25) is 41.4 Å². The number of amides is 7. The van der Waals surface area contributed by atoms with Crippen LogP contribution in [-0.2, 0) is 59.2 Å². The molecule has 0 bridgehead atoms. The van der Waals surface area contributed by atoms with Crippen LogP contribution in [0.5, 0.6) is 11.5 Å². The first-order valence-corrected chi connectivity index (χ1v) is 24.3. The van der Waals surface area contributed by atoms with E-state index in [1.54, 1.807) is 12.3 Å². The normalized spacial score (nSPS) is 13.3. The Balaban J connectivity index is 1.47. The van der Waals surface area contributed by atoms with Gasteiger partial charge in [-0.2, -0.15) is 0 Å². The number of nitrogens with two attached hydrogens (primary N) is 5. The minimum Gasteiger partial charge on any atom is -0.508 e. The Bertz CT molecular complexity index is 2850. The second-order valence-corrected chi connectivity index (χ2v) is 18.0. The molecule has 0 unspecified atom stereocenters. The van der Waals surface area contributed by atoms with Crippen LogP contribution >= 0.6 is 0 Å². The summed E-state index contributed by atoms with van der Waals surface area (Å²) in [6, 6.07) is 15.9. The van der Waals surface area contributed by atoms with Crippen molar-refractivity contribution >= 4 is 64.2 Å². The number of H-pyrrole nitrogens is 1. The molecule has 19 N–H and O–H groups in total. The molecular formula is C52H65FN14O9. The summed E-state index contributed by atoms with van der Waals surface area (Å²) in [6.07, 6.45) is 1.40. The molecule has 6 atom stereocenters. The molecule has 5 rings (SSSR count). The van der Waals surface area contributed by atoms with Crippen molar-refractivity contribution in [2.75, 3.05) is 13.1 Å². The third kappa shape index (κ3) is 18.7. The number of primary amides is 1. The second kappa shape index (κ2) is 28.3. The zero-order valence-corrected chi connectivity index (χ0v) is 41.8. The van der Waals surface area contributed by atoms with Gasteiger partial charge in [0.15, 0.2) is 11.9 Å². The van der Waals surface area contributed by atoms with Gasteiger partial charge in [0.1, 0.15) is 53.6 Å². The maximum Gasteiger partial charge on any atom is 0.243 e. The van der Waals surface area contributed by atoms with Crippen LogP contribution in [0, 0.1) is 5.82 Å². The van der Waals surface area contributed by atoms with Crippen molar-refractivity contribution in [1.29, 1.82) is 0 Å². The number of aromatic amines is 1. The first kappa shape index (κ1) is 57.7. The zero-order valence-electron chi connectivity index (χ0n) is 41.8. The van der Waals surface area contributed by atoms with Crippen LogP contribution in [0.4, 0.5) is 4.39 Å². The highest BCUT2D eigenvalue weighted by Crippen LogP contribution is 2.20. The van der Waals surface area contributed by atoms with Gasteiger partial charge < -0.3 is 75.8 Å². The number of phenolic OH excluding ortho intramolecular Hbond substituents is 2. The fourth-order valence-corrected chi connectivity index (χ4v) is 8.11. The number of halogens is 1. The molecule has 76 heavy (non-hydrogen) atoms. The molecule has 23 nitrogen and oxygen atoms in total. The van der Waals surface area contributed by atoms with Crippen molar-refractivity contribution in [3.05, 3.63) is 131 Å². The minimum atomic E-state index is -1.48. The summed E-state index contributed by atoms with van der Waals surface area (Å²) < 4.78 is 13.8. The van der Waals surface area contributed by atoms with Crippen LogP contribution in [0.2, 0.25) is 0 Å². The van der Waals surface area contributed by atoms with E-state index < -0.39 is 83.4 Å². The third-order valence-electron chi connectivity index (χ3n) is 12.0. The molecule has 0 spiro atoms. The summed E-state index contributed by atoms with van der Waals surface area (Å²) in [7, 11) is 0. The number of nitrogens with zero attached hydrogens (tertiary/aromatic N) is 2. The highest BCUT2D eigenvalue weighted by Gasteiger charge is 2.34. The molecule has 4 aromatic carbocycles. The maximum atomic E-state index is 14.7. The molecule has 404 valence electrons. The highest BCUT2D eigenvalue weighted by atomic mass is 19.1. The number of phenols is 2. The van der Waals surface area contributed by atoms with Crippen molar-refractivity contribution in [1.82, 2.24) is 36.9 Å². The number of nitrogens with one attached hydrogen (secondary N) is 7. The summed E-state index contributed by atoms with van der Waals surface area (Å²) in [5.74, 6) is -6.68. The van der Waals surface area contributed by atoms with Crippen molar-refractivity contribution in [2.45, 2.75) is 94.5 Å². The molecule has 0 aliphatic heterocycles. The zero-order chi connectivity index (χ0) is 55.3. The Hall–Kier alpha value is -9.22. The molecule has 0 saturated carbocycles. The smallest absolute Gasteiger partial charge is 0.243 e. The summed E-state index contributed by atoms with van der Waals surface area (Å²) in [4.78, 5) is 108. The van der Waals surface area contributed by atoms with Gasteiger partial charge in [0.25, 0.3) is 0 Å². The van der Waals surface area contributed by atoms with Crippen molar-refractivity contribution < 1.29 is 48.2 Å². The first-order chi connectivity index (χ1) is 36.2. The van der Waals surface area contributed by atoms with E-state index in [9.17, 15) is 48.2 Å². The molecule has 0 saturated heterocycles. The number of guanidine groups is 2. The number of hydrogen-bond acceptors (Lipinski definition) is 11. The molecule has 1 heterocycles. The van der Waals surface area contributed by atoms with Gasteiger partial charge in [-0.25, -0.2) is 4.39 Å². The van der Waals surface area contributed by atoms with Gasteiger partial charge in [0, 0.05) is 62.8 Å². The number of carbonyl (C=O) groups is 7. The summed E-state index contributed by atoms with van der Waals surface area (Å²) >= 11 is 0. The molecule has 0 fully saturated rings. The van der Waals surface area contributed by atoms with Crippen molar-refractivity contribution in [3.63, 3.8) is 0 Å². The highest BCUT2D eigenvalue weighted by molar-refractivity contribution is 5.97. The number of aromatic hydroxyl groups is 2. The van der Waals surface area contributed by atoms with E-state index in [0.717, 1.165) is 10.9 Å². The van der Waals surface area contributed by atoms with Crippen LogP contribution < -0.4 is 60.6 Å². The number of para-hydroxylation sites is 1. The lowest BCUT2D eigenvalue weighted by molar-refractivity contribution is -0.135. The number of aromatic nitrogens is 1. The van der Waals surface area contributed by atoms with Gasteiger partial charge in [-0.15, -0.1) is 0 Å². The number of fused-ring (bicyclic) bond motifs is 1. The second-order valence-electron chi connectivity index (χ2n) is 18.0. The van der Waals surface area contributed by atoms with Crippen LogP contribution in [0.25, 0.3) is 10.9 Å². The number of aliphatic imine (C=N–C) groups is 2. The maximum absolute atomic E-state index is 14.7. The summed E-state index contributed by atoms with van der Waals surface area (Å²) in [6.45, 7) is 1.37. The monoisotopic (exact) mass is 1050 g/mol. The van der Waals surface area contributed by atoms with Gasteiger partial charge in [-0.05, 0) is 90.4 Å². The van der Waals surface area contributed by atoms with Gasteiger partial charge in [-0.3, -0.25) is 43.5 Å². The van der Waals surface area contributed by atoms with Crippen LogP contribution in [0.3, 0.4) is 0 Å². The number of hydrogen-bond donors (Lipinski definition) is 14. The Labute approximate surface area is 437 Å². The average Bonchev–Trinajstić information content (AvgIpc) is 3.79. The molecule has 7 amide bonds. The van der Waals surface area contributed by atoms with E-state index >= 15 is 0 Å². The molecule has 24 heteroatoms. The standard InChI is InChI=1S/C52H65FN14O9/c1-29(68)62-39(8-4-22-59-51(55)56)46(72)65-43(26-32-14-20-36(70)21-15-32)49(75)66-42(25-31-12-18-35(69)19-13-31)48(74)63-40(9-5-23-60-52(57)58)47(73)67-44(27-33-28-61-38-7-3-2-6-37(33)38)50(76)64-41(45(54)71)24-30-10-16-34(53)17-11-30/h2-3,6-7,10-21,28,39-44,61,69-70H,4-5,8-9,22-27H2,1H3,(H2,54,71)(H,62,68)(H,63,74)(H,64,76)(H,65,72)(H,66,75)(H,67,73)(H4,55,56,59)(H4,57,58,60)/t39-,40-,41-,42-,43-,44-/m0/s1. The van der Waals surface area contributed by atoms with Gasteiger partial charge in [0.05, 0.1) is 0 Å². The van der Waals surface area contributed by atoms with E-state index in [4.69, 9.17) is 28.7 Å². The Morgan fingerprint density at radius 3 is 1.34 bits per heavy atom. The lowest BCUT2D eigenvalue weighted by Gasteiger charge is -2.28.